The average molecular weight is 342 g/mol. The Morgan fingerprint density at radius 1 is 1.04 bits per heavy atom. The minimum absolute atomic E-state index is 0.0294. The minimum atomic E-state index is -1.97. The summed E-state index contributed by atoms with van der Waals surface area (Å²) in [6.07, 6.45) is -15.7. The fourth-order valence-corrected chi connectivity index (χ4v) is 2.11. The van der Waals surface area contributed by atoms with E-state index in [4.69, 9.17) is 19.7 Å². The molecule has 0 aliphatic carbocycles. The van der Waals surface area contributed by atoms with Gasteiger partial charge in [0.25, 0.3) is 0 Å². The number of aldehydes is 1. The van der Waals surface area contributed by atoms with Gasteiger partial charge in [-0.05, 0) is 0 Å². The van der Waals surface area contributed by atoms with Crippen molar-refractivity contribution in [2.75, 3.05) is 13.2 Å². The van der Waals surface area contributed by atoms with Gasteiger partial charge in [0.15, 0.2) is 12.6 Å². The van der Waals surface area contributed by atoms with E-state index in [0.717, 1.165) is 0 Å². The number of rotatable bonds is 8. The maximum Gasteiger partial charge on any atom is 0.187 e. The van der Waals surface area contributed by atoms with Crippen LogP contribution in [-0.2, 0) is 14.3 Å². The second-order valence-electron chi connectivity index (χ2n) is 5.17. The molecule has 0 amide bonds. The van der Waals surface area contributed by atoms with E-state index in [2.05, 4.69) is 0 Å². The molecule has 8 N–H and O–H groups in total. The quantitative estimate of drug-likeness (QED) is 0.196. The van der Waals surface area contributed by atoms with Gasteiger partial charge >= 0.3 is 0 Å². The number of hydrogen-bond donors (Lipinski definition) is 8. The van der Waals surface area contributed by atoms with Gasteiger partial charge in [0.05, 0.1) is 13.2 Å². The summed E-state index contributed by atoms with van der Waals surface area (Å²) < 4.78 is 10.1. The first-order chi connectivity index (χ1) is 10.8. The fourth-order valence-electron chi connectivity index (χ4n) is 2.11. The topological polar surface area (TPSA) is 197 Å². The lowest BCUT2D eigenvalue weighted by molar-refractivity contribution is -0.326. The third-order valence-electron chi connectivity index (χ3n) is 3.53. The zero-order valence-electron chi connectivity index (χ0n) is 12.0. The van der Waals surface area contributed by atoms with E-state index in [9.17, 15) is 35.4 Å². The molecule has 9 atom stereocenters. The second-order valence-corrected chi connectivity index (χ2v) is 5.17. The van der Waals surface area contributed by atoms with Gasteiger partial charge < -0.3 is 55.1 Å². The highest BCUT2D eigenvalue weighted by atomic mass is 16.7. The molecule has 1 aliphatic rings. The number of carbonyl (C=O) groups excluding carboxylic acids is 1. The highest BCUT2D eigenvalue weighted by Gasteiger charge is 2.46. The molecule has 0 radical (unpaired) electrons. The summed E-state index contributed by atoms with van der Waals surface area (Å²) in [5.74, 6) is 0. The van der Waals surface area contributed by atoms with Crippen LogP contribution in [-0.4, -0.2) is 115 Å². The Labute approximate surface area is 130 Å². The van der Waals surface area contributed by atoms with E-state index < -0.39 is 68.3 Å². The molecule has 136 valence electrons. The van der Waals surface area contributed by atoms with Crippen LogP contribution < -0.4 is 0 Å². The van der Waals surface area contributed by atoms with Crippen LogP contribution >= 0.6 is 0 Å². The Morgan fingerprint density at radius 2 is 1.65 bits per heavy atom. The summed E-state index contributed by atoms with van der Waals surface area (Å²) in [6.45, 7) is -1.64. The van der Waals surface area contributed by atoms with Gasteiger partial charge in [-0.1, -0.05) is 0 Å². The van der Waals surface area contributed by atoms with E-state index >= 15 is 0 Å². The predicted octanol–water partition coefficient (Wildman–Crippen LogP) is -5.55. The lowest BCUT2D eigenvalue weighted by Gasteiger charge is -2.42. The third-order valence-corrected chi connectivity index (χ3v) is 3.53. The van der Waals surface area contributed by atoms with Crippen molar-refractivity contribution in [2.45, 2.75) is 55.1 Å². The van der Waals surface area contributed by atoms with Gasteiger partial charge in [-0.15, -0.1) is 0 Å². The molecular weight excluding hydrogens is 320 g/mol. The molecule has 0 aromatic carbocycles. The first kappa shape index (κ1) is 20.3. The Balaban J connectivity index is 2.91. The van der Waals surface area contributed by atoms with Crippen LogP contribution in [0.3, 0.4) is 0 Å². The van der Waals surface area contributed by atoms with Crippen molar-refractivity contribution in [3.05, 3.63) is 0 Å². The first-order valence-corrected chi connectivity index (χ1v) is 6.84. The standard InChI is InChI=1S/C12H22O11/c13-1-4(16)7(18)11(5(17)2-14)23-12-10(21)9(20)8(19)6(3-15)22-12/h1,4-12,14-21H,2-3H2/t4?,5?,6-,7?,8-,9+,10-,11?,12+/m1/s1. The molecule has 0 aromatic rings. The van der Waals surface area contributed by atoms with Crippen molar-refractivity contribution >= 4 is 6.29 Å². The zero-order valence-corrected chi connectivity index (χ0v) is 12.0. The summed E-state index contributed by atoms with van der Waals surface area (Å²) >= 11 is 0. The van der Waals surface area contributed by atoms with E-state index in [1.165, 1.54) is 0 Å². The number of carbonyl (C=O) groups is 1. The first-order valence-electron chi connectivity index (χ1n) is 6.84. The highest BCUT2D eigenvalue weighted by molar-refractivity contribution is 5.56. The number of ether oxygens (including phenoxy) is 2. The fraction of sp³-hybridized carbons (Fsp3) is 0.917. The van der Waals surface area contributed by atoms with Crippen molar-refractivity contribution in [1.29, 1.82) is 0 Å². The van der Waals surface area contributed by atoms with E-state index in [1.807, 2.05) is 0 Å². The van der Waals surface area contributed by atoms with Crippen molar-refractivity contribution in [1.82, 2.24) is 0 Å². The van der Waals surface area contributed by atoms with E-state index in [-0.39, 0.29) is 6.29 Å². The minimum Gasteiger partial charge on any atom is -0.394 e. The smallest absolute Gasteiger partial charge is 0.187 e. The van der Waals surface area contributed by atoms with Gasteiger partial charge in [0.2, 0.25) is 0 Å². The molecule has 11 heteroatoms. The van der Waals surface area contributed by atoms with Gasteiger partial charge in [-0.25, -0.2) is 0 Å². The van der Waals surface area contributed by atoms with Crippen LogP contribution in [0.2, 0.25) is 0 Å². The molecular formula is C12H22O11. The van der Waals surface area contributed by atoms with Gasteiger partial charge in [-0.3, -0.25) is 0 Å². The molecule has 1 aliphatic heterocycles. The van der Waals surface area contributed by atoms with Crippen molar-refractivity contribution in [3.63, 3.8) is 0 Å². The monoisotopic (exact) mass is 342 g/mol. The van der Waals surface area contributed by atoms with Crippen LogP contribution in [0.25, 0.3) is 0 Å². The van der Waals surface area contributed by atoms with Gasteiger partial charge in [0, 0.05) is 0 Å². The summed E-state index contributed by atoms with van der Waals surface area (Å²) in [5.41, 5.74) is 0. The SMILES string of the molecule is O=CC(O)C(O)C(O[C@@H]1O[C@H](CO)[C@@H](O)[C@H](O)[C@H]1O)C(O)CO. The second kappa shape index (κ2) is 8.94. The molecule has 11 nitrogen and oxygen atoms in total. The summed E-state index contributed by atoms with van der Waals surface area (Å²) in [6, 6.07) is 0. The van der Waals surface area contributed by atoms with E-state index in [1.54, 1.807) is 0 Å². The number of hydrogen-bond acceptors (Lipinski definition) is 11. The summed E-state index contributed by atoms with van der Waals surface area (Å²) in [4.78, 5) is 10.5. The number of aliphatic hydroxyl groups is 8. The van der Waals surface area contributed by atoms with Gasteiger partial charge in [-0.2, -0.15) is 0 Å². The molecule has 1 rings (SSSR count). The Hall–Kier alpha value is -0.730. The van der Waals surface area contributed by atoms with Crippen LogP contribution in [0, 0.1) is 0 Å². The molecule has 23 heavy (non-hydrogen) atoms. The molecule has 0 spiro atoms. The van der Waals surface area contributed by atoms with Gasteiger partial charge in [0.1, 0.15) is 48.8 Å². The Morgan fingerprint density at radius 3 is 2.13 bits per heavy atom. The maximum absolute atomic E-state index is 10.5. The molecule has 1 saturated heterocycles. The van der Waals surface area contributed by atoms with Crippen LogP contribution in [0.15, 0.2) is 0 Å². The molecule has 1 fully saturated rings. The van der Waals surface area contributed by atoms with E-state index in [0.29, 0.717) is 0 Å². The van der Waals surface area contributed by atoms with Crippen LogP contribution in [0.4, 0.5) is 0 Å². The van der Waals surface area contributed by atoms with Crippen molar-refractivity contribution in [3.8, 4) is 0 Å². The number of aliphatic hydroxyl groups excluding tert-OH is 8. The highest BCUT2D eigenvalue weighted by Crippen LogP contribution is 2.24. The largest absolute Gasteiger partial charge is 0.394 e. The lowest BCUT2D eigenvalue weighted by Crippen LogP contribution is -2.61. The van der Waals surface area contributed by atoms with Crippen molar-refractivity contribution in [2.24, 2.45) is 0 Å². The summed E-state index contributed by atoms with van der Waals surface area (Å²) in [7, 11) is 0. The maximum atomic E-state index is 10.5. The predicted molar refractivity (Wildman–Crippen MR) is 69.8 cm³/mol. The normalized spacial score (nSPS) is 37.0. The lowest BCUT2D eigenvalue weighted by atomic mass is 9.98. The molecule has 4 unspecified atom stereocenters. The average Bonchev–Trinajstić information content (AvgIpc) is 2.57. The molecule has 1 heterocycles. The molecule has 0 aromatic heterocycles. The summed E-state index contributed by atoms with van der Waals surface area (Å²) in [5, 5.41) is 75.7. The molecule has 0 bridgehead atoms. The Kier molecular flexibility index (Phi) is 7.89. The zero-order chi connectivity index (χ0) is 17.7. The van der Waals surface area contributed by atoms with Crippen LogP contribution in [0.5, 0.6) is 0 Å². The third kappa shape index (κ3) is 4.64. The van der Waals surface area contributed by atoms with Crippen LogP contribution in [0.1, 0.15) is 0 Å². The Bertz CT molecular complexity index is 365. The molecule has 0 saturated carbocycles. The van der Waals surface area contributed by atoms with Crippen molar-refractivity contribution < 1.29 is 55.1 Å².